The van der Waals surface area contributed by atoms with Gasteiger partial charge in [0.05, 0.1) is 0 Å². The average Bonchev–Trinajstić information content (AvgIpc) is 3.08. The molecule has 1 fully saturated rings. The number of carbonyl (C=O) groups excluding carboxylic acids is 1. The lowest BCUT2D eigenvalue weighted by molar-refractivity contribution is 0.0922. The van der Waals surface area contributed by atoms with Gasteiger partial charge in [-0.25, -0.2) is 0 Å². The van der Waals surface area contributed by atoms with Crippen molar-refractivity contribution in [3.8, 4) is 5.75 Å². The van der Waals surface area contributed by atoms with Gasteiger partial charge in [0.1, 0.15) is 12.4 Å². The number of ether oxygens (including phenoxy) is 1. The smallest absolute Gasteiger partial charge is 0.166 e. The van der Waals surface area contributed by atoms with Crippen molar-refractivity contribution in [1.82, 2.24) is 0 Å². The lowest BCUT2D eigenvalue weighted by Crippen LogP contribution is -2.11. The van der Waals surface area contributed by atoms with Gasteiger partial charge in [-0.2, -0.15) is 0 Å². The zero-order valence-corrected chi connectivity index (χ0v) is 12.1. The van der Waals surface area contributed by atoms with Crippen molar-refractivity contribution in [2.24, 2.45) is 5.92 Å². The fraction of sp³-hybridized carbons (Fsp3) is 0.316. The Morgan fingerprint density at radius 3 is 2.52 bits per heavy atom. The van der Waals surface area contributed by atoms with Crippen LogP contribution >= 0.6 is 0 Å². The number of rotatable bonds is 5. The molecule has 2 nitrogen and oxygen atoms in total. The highest BCUT2D eigenvalue weighted by molar-refractivity contribution is 5.98. The Morgan fingerprint density at radius 2 is 1.76 bits per heavy atom. The zero-order chi connectivity index (χ0) is 14.5. The van der Waals surface area contributed by atoms with Gasteiger partial charge in [-0.1, -0.05) is 55.3 Å². The van der Waals surface area contributed by atoms with Gasteiger partial charge in [0.2, 0.25) is 0 Å². The number of benzene rings is 2. The van der Waals surface area contributed by atoms with Crippen molar-refractivity contribution in [3.05, 3.63) is 65.7 Å². The summed E-state index contributed by atoms with van der Waals surface area (Å²) in [6, 6.07) is 17.7. The van der Waals surface area contributed by atoms with Crippen molar-refractivity contribution in [2.45, 2.75) is 32.3 Å². The van der Waals surface area contributed by atoms with Gasteiger partial charge in [-0.05, 0) is 30.5 Å². The lowest BCUT2D eigenvalue weighted by Gasteiger charge is -2.10. The molecule has 1 aliphatic rings. The summed E-state index contributed by atoms with van der Waals surface area (Å²) >= 11 is 0. The van der Waals surface area contributed by atoms with E-state index in [2.05, 4.69) is 0 Å². The van der Waals surface area contributed by atoms with Gasteiger partial charge in [0.25, 0.3) is 0 Å². The fourth-order valence-corrected chi connectivity index (χ4v) is 2.90. The SMILES string of the molecule is O=C(c1cccc(OCc2ccccc2)c1)C1CCCC1. The molecule has 0 heterocycles. The van der Waals surface area contributed by atoms with E-state index in [-0.39, 0.29) is 11.7 Å². The Kier molecular flexibility index (Phi) is 4.34. The molecule has 2 heteroatoms. The molecule has 0 aromatic heterocycles. The molecule has 108 valence electrons. The third-order valence-corrected chi connectivity index (χ3v) is 4.09. The van der Waals surface area contributed by atoms with E-state index >= 15 is 0 Å². The van der Waals surface area contributed by atoms with E-state index in [4.69, 9.17) is 4.74 Å². The summed E-state index contributed by atoms with van der Waals surface area (Å²) in [5, 5.41) is 0. The second kappa shape index (κ2) is 6.57. The second-order valence-corrected chi connectivity index (χ2v) is 5.65. The molecule has 0 amide bonds. The molecule has 1 saturated carbocycles. The molecule has 0 bridgehead atoms. The molecule has 0 atom stereocenters. The predicted octanol–water partition coefficient (Wildman–Crippen LogP) is 4.64. The Hall–Kier alpha value is -2.09. The van der Waals surface area contributed by atoms with Crippen molar-refractivity contribution in [2.75, 3.05) is 0 Å². The molecular formula is C19H20O2. The average molecular weight is 280 g/mol. The Bertz CT molecular complexity index is 598. The summed E-state index contributed by atoms with van der Waals surface area (Å²) in [6.07, 6.45) is 4.43. The first-order valence-corrected chi connectivity index (χ1v) is 7.64. The predicted molar refractivity (Wildman–Crippen MR) is 83.5 cm³/mol. The summed E-state index contributed by atoms with van der Waals surface area (Å²) < 4.78 is 5.79. The molecule has 0 radical (unpaired) electrons. The Morgan fingerprint density at radius 1 is 1.00 bits per heavy atom. The van der Waals surface area contributed by atoms with Crippen LogP contribution in [0.4, 0.5) is 0 Å². The van der Waals surface area contributed by atoms with Crippen molar-refractivity contribution in [1.29, 1.82) is 0 Å². The standard InChI is InChI=1S/C19H20O2/c20-19(16-9-4-5-10-16)17-11-6-12-18(13-17)21-14-15-7-2-1-3-8-15/h1-3,6-8,11-13,16H,4-5,9-10,14H2. The first-order chi connectivity index (χ1) is 10.3. The Balaban J connectivity index is 1.66. The van der Waals surface area contributed by atoms with Gasteiger partial charge >= 0.3 is 0 Å². The molecule has 0 unspecified atom stereocenters. The molecule has 0 saturated heterocycles. The molecule has 0 aliphatic heterocycles. The van der Waals surface area contributed by atoms with Crippen LogP contribution in [0, 0.1) is 5.92 Å². The molecular weight excluding hydrogens is 260 g/mol. The lowest BCUT2D eigenvalue weighted by atomic mass is 9.96. The molecule has 0 N–H and O–H groups in total. The van der Waals surface area contributed by atoms with Gasteiger partial charge in [-0.15, -0.1) is 0 Å². The van der Waals surface area contributed by atoms with E-state index in [1.807, 2.05) is 54.6 Å². The van der Waals surface area contributed by atoms with Crippen LogP contribution in [0.25, 0.3) is 0 Å². The van der Waals surface area contributed by atoms with Gasteiger partial charge < -0.3 is 4.74 Å². The van der Waals surface area contributed by atoms with Crippen LogP contribution in [0.2, 0.25) is 0 Å². The molecule has 1 aliphatic carbocycles. The van der Waals surface area contributed by atoms with E-state index in [1.54, 1.807) is 0 Å². The second-order valence-electron chi connectivity index (χ2n) is 5.65. The largest absolute Gasteiger partial charge is 0.489 e. The zero-order valence-electron chi connectivity index (χ0n) is 12.1. The van der Waals surface area contributed by atoms with Crippen LogP contribution in [0.1, 0.15) is 41.6 Å². The maximum absolute atomic E-state index is 12.4. The topological polar surface area (TPSA) is 26.3 Å². The van der Waals surface area contributed by atoms with Crippen LogP contribution in [-0.2, 0) is 6.61 Å². The summed E-state index contributed by atoms with van der Waals surface area (Å²) in [7, 11) is 0. The van der Waals surface area contributed by atoms with Gasteiger partial charge in [-0.3, -0.25) is 4.79 Å². The van der Waals surface area contributed by atoms with E-state index in [1.165, 1.54) is 12.8 Å². The monoisotopic (exact) mass is 280 g/mol. The highest BCUT2D eigenvalue weighted by Crippen LogP contribution is 2.29. The first kappa shape index (κ1) is 13.9. The van der Waals surface area contributed by atoms with E-state index in [0.717, 1.165) is 29.7 Å². The van der Waals surface area contributed by atoms with Crippen LogP contribution in [0.5, 0.6) is 5.75 Å². The third kappa shape index (κ3) is 3.52. The van der Waals surface area contributed by atoms with E-state index < -0.39 is 0 Å². The quantitative estimate of drug-likeness (QED) is 0.746. The highest BCUT2D eigenvalue weighted by atomic mass is 16.5. The number of carbonyl (C=O) groups is 1. The van der Waals surface area contributed by atoms with Crippen molar-refractivity contribution in [3.63, 3.8) is 0 Å². The number of hydrogen-bond donors (Lipinski definition) is 0. The maximum atomic E-state index is 12.4. The van der Waals surface area contributed by atoms with Crippen LogP contribution in [0.3, 0.4) is 0 Å². The first-order valence-electron chi connectivity index (χ1n) is 7.64. The minimum absolute atomic E-state index is 0.217. The van der Waals surface area contributed by atoms with Crippen molar-refractivity contribution < 1.29 is 9.53 Å². The molecule has 2 aromatic rings. The fourth-order valence-electron chi connectivity index (χ4n) is 2.90. The van der Waals surface area contributed by atoms with Crippen LogP contribution in [-0.4, -0.2) is 5.78 Å². The number of Topliss-reactive ketones (excluding diaryl/α,β-unsaturated/α-hetero) is 1. The minimum atomic E-state index is 0.217. The summed E-state index contributed by atoms with van der Waals surface area (Å²) in [4.78, 5) is 12.4. The third-order valence-electron chi connectivity index (χ3n) is 4.09. The summed E-state index contributed by atoms with van der Waals surface area (Å²) in [5.74, 6) is 1.26. The van der Waals surface area contributed by atoms with E-state index in [9.17, 15) is 4.79 Å². The maximum Gasteiger partial charge on any atom is 0.166 e. The van der Waals surface area contributed by atoms with Gasteiger partial charge in [0, 0.05) is 11.5 Å². The molecule has 21 heavy (non-hydrogen) atoms. The summed E-state index contributed by atoms with van der Waals surface area (Å²) in [6.45, 7) is 0.530. The summed E-state index contributed by atoms with van der Waals surface area (Å²) in [5.41, 5.74) is 1.91. The highest BCUT2D eigenvalue weighted by Gasteiger charge is 2.23. The molecule has 3 rings (SSSR count). The molecule has 2 aromatic carbocycles. The van der Waals surface area contributed by atoms with E-state index in [0.29, 0.717) is 6.61 Å². The normalized spacial score (nSPS) is 15.0. The Labute approximate surface area is 125 Å². The number of ketones is 1. The van der Waals surface area contributed by atoms with Crippen LogP contribution < -0.4 is 4.74 Å². The van der Waals surface area contributed by atoms with Crippen molar-refractivity contribution >= 4 is 5.78 Å². The molecule has 0 spiro atoms. The van der Waals surface area contributed by atoms with Crippen LogP contribution in [0.15, 0.2) is 54.6 Å². The minimum Gasteiger partial charge on any atom is -0.489 e. The van der Waals surface area contributed by atoms with Gasteiger partial charge in [0.15, 0.2) is 5.78 Å². The number of hydrogen-bond acceptors (Lipinski definition) is 2.